The van der Waals surface area contributed by atoms with Gasteiger partial charge in [0.25, 0.3) is 5.91 Å². The number of nitrogens with one attached hydrogen (secondary N) is 1. The first-order valence-electron chi connectivity index (χ1n) is 8.53. The summed E-state index contributed by atoms with van der Waals surface area (Å²) in [5.41, 5.74) is 1.35. The first-order valence-corrected chi connectivity index (χ1v) is 8.90. The van der Waals surface area contributed by atoms with E-state index in [-0.39, 0.29) is 11.5 Å². The molecule has 25 heavy (non-hydrogen) atoms. The van der Waals surface area contributed by atoms with E-state index >= 15 is 0 Å². The molecule has 1 N–H and O–H groups in total. The fourth-order valence-corrected chi connectivity index (χ4v) is 3.77. The molecule has 1 atom stereocenters. The Bertz CT molecular complexity index is 780. The van der Waals surface area contributed by atoms with Gasteiger partial charge in [-0.15, -0.1) is 0 Å². The fraction of sp³-hybridized carbons (Fsp3) is 0.368. The summed E-state index contributed by atoms with van der Waals surface area (Å²) in [5, 5.41) is 3.54. The molecular weight excluding hydrogens is 338 g/mol. The van der Waals surface area contributed by atoms with Crippen LogP contribution in [0.25, 0.3) is 0 Å². The number of carbonyl (C=O) groups excluding carboxylic acids is 1. The molecule has 2 aliphatic rings. The standard InChI is InChI=1S/C19H20ClN3O2/c20-17-7-6-14(10-21-17)11-23-9-3-8-19(13-23)12-22-18(24)15-4-1-2-5-16(15)25-19/h1-2,4-7,10H,3,8-9,11-13H2,(H,22,24)/t19-/m1/s1. The van der Waals surface area contributed by atoms with Crippen molar-refractivity contribution in [1.82, 2.24) is 15.2 Å². The second-order valence-electron chi connectivity index (χ2n) is 6.77. The highest BCUT2D eigenvalue weighted by atomic mass is 35.5. The third-order valence-corrected chi connectivity index (χ3v) is 5.07. The lowest BCUT2D eigenvalue weighted by Crippen LogP contribution is -2.56. The summed E-state index contributed by atoms with van der Waals surface area (Å²) >= 11 is 5.87. The number of amides is 1. The number of para-hydroxylation sites is 1. The Kier molecular flexibility index (Phi) is 4.36. The molecule has 5 nitrogen and oxygen atoms in total. The number of piperidine rings is 1. The third-order valence-electron chi connectivity index (χ3n) is 4.84. The highest BCUT2D eigenvalue weighted by Gasteiger charge is 2.40. The number of pyridine rings is 1. The van der Waals surface area contributed by atoms with Crippen LogP contribution in [-0.2, 0) is 6.54 Å². The lowest BCUT2D eigenvalue weighted by atomic mass is 9.92. The Morgan fingerprint density at radius 1 is 1.28 bits per heavy atom. The lowest BCUT2D eigenvalue weighted by Gasteiger charge is -2.42. The van der Waals surface area contributed by atoms with E-state index in [0.717, 1.165) is 38.0 Å². The molecule has 0 radical (unpaired) electrons. The smallest absolute Gasteiger partial charge is 0.255 e. The van der Waals surface area contributed by atoms with Crippen LogP contribution in [0, 0.1) is 0 Å². The number of carbonyl (C=O) groups is 1. The summed E-state index contributed by atoms with van der Waals surface area (Å²) in [6.07, 6.45) is 3.77. The molecule has 2 aromatic rings. The predicted octanol–water partition coefficient (Wildman–Crippen LogP) is 2.89. The Morgan fingerprint density at radius 3 is 3.00 bits per heavy atom. The first-order chi connectivity index (χ1) is 12.1. The van der Waals surface area contributed by atoms with E-state index in [2.05, 4.69) is 15.2 Å². The first kappa shape index (κ1) is 16.4. The van der Waals surface area contributed by atoms with Gasteiger partial charge in [0, 0.05) is 19.3 Å². The number of likely N-dealkylation sites (tertiary alicyclic amines) is 1. The van der Waals surface area contributed by atoms with Gasteiger partial charge in [0.05, 0.1) is 12.1 Å². The number of rotatable bonds is 2. The van der Waals surface area contributed by atoms with Crippen molar-refractivity contribution in [2.45, 2.75) is 25.0 Å². The zero-order valence-corrected chi connectivity index (χ0v) is 14.6. The summed E-state index contributed by atoms with van der Waals surface area (Å²) in [5.74, 6) is 0.610. The van der Waals surface area contributed by atoms with Crippen LogP contribution >= 0.6 is 11.6 Å². The van der Waals surface area contributed by atoms with Crippen molar-refractivity contribution in [2.75, 3.05) is 19.6 Å². The monoisotopic (exact) mass is 357 g/mol. The number of hydrogen-bond acceptors (Lipinski definition) is 4. The average Bonchev–Trinajstić information content (AvgIpc) is 2.75. The fourth-order valence-electron chi connectivity index (χ4n) is 3.66. The van der Waals surface area contributed by atoms with Gasteiger partial charge in [-0.3, -0.25) is 9.69 Å². The van der Waals surface area contributed by atoms with Crippen LogP contribution in [-0.4, -0.2) is 41.0 Å². The topological polar surface area (TPSA) is 54.5 Å². The highest BCUT2D eigenvalue weighted by molar-refractivity contribution is 6.29. The van der Waals surface area contributed by atoms with Crippen LogP contribution in [0.2, 0.25) is 5.15 Å². The second-order valence-corrected chi connectivity index (χ2v) is 7.15. The van der Waals surface area contributed by atoms with Gasteiger partial charge in [0.15, 0.2) is 0 Å². The van der Waals surface area contributed by atoms with E-state index in [1.54, 1.807) is 0 Å². The predicted molar refractivity (Wildman–Crippen MR) is 95.9 cm³/mol. The maximum absolute atomic E-state index is 12.3. The van der Waals surface area contributed by atoms with Gasteiger partial charge in [0.1, 0.15) is 16.5 Å². The SMILES string of the molecule is O=C1NC[C@@]2(CCCN(Cc3ccc(Cl)nc3)C2)Oc2ccccc21. The molecule has 0 saturated carbocycles. The summed E-state index contributed by atoms with van der Waals surface area (Å²) in [6, 6.07) is 11.3. The Hall–Kier alpha value is -2.11. The van der Waals surface area contributed by atoms with Crippen LogP contribution in [0.1, 0.15) is 28.8 Å². The lowest BCUT2D eigenvalue weighted by molar-refractivity contribution is -0.00707. The number of fused-ring (bicyclic) bond motifs is 1. The summed E-state index contributed by atoms with van der Waals surface area (Å²) in [4.78, 5) is 18.8. The van der Waals surface area contributed by atoms with Crippen molar-refractivity contribution >= 4 is 17.5 Å². The minimum atomic E-state index is -0.389. The van der Waals surface area contributed by atoms with E-state index in [1.165, 1.54) is 0 Å². The van der Waals surface area contributed by atoms with Crippen molar-refractivity contribution in [3.05, 3.63) is 58.9 Å². The number of ether oxygens (including phenoxy) is 1. The van der Waals surface area contributed by atoms with Crippen LogP contribution in [0.4, 0.5) is 0 Å². The van der Waals surface area contributed by atoms with E-state index < -0.39 is 0 Å². The molecule has 1 amide bonds. The van der Waals surface area contributed by atoms with Gasteiger partial charge in [-0.25, -0.2) is 4.98 Å². The molecule has 1 fully saturated rings. The van der Waals surface area contributed by atoms with E-state index in [9.17, 15) is 4.79 Å². The minimum absolute atomic E-state index is 0.0634. The third kappa shape index (κ3) is 3.48. The normalized spacial score (nSPS) is 23.5. The maximum atomic E-state index is 12.3. The molecule has 0 unspecified atom stereocenters. The van der Waals surface area contributed by atoms with Crippen LogP contribution < -0.4 is 10.1 Å². The van der Waals surface area contributed by atoms with Crippen molar-refractivity contribution < 1.29 is 9.53 Å². The van der Waals surface area contributed by atoms with Crippen LogP contribution in [0.5, 0.6) is 5.75 Å². The molecular formula is C19H20ClN3O2. The number of aromatic nitrogens is 1. The maximum Gasteiger partial charge on any atom is 0.255 e. The number of hydrogen-bond donors (Lipinski definition) is 1. The largest absolute Gasteiger partial charge is 0.483 e. The Balaban J connectivity index is 1.53. The van der Waals surface area contributed by atoms with Gasteiger partial charge in [-0.2, -0.15) is 0 Å². The second kappa shape index (κ2) is 6.65. The number of halogens is 1. The Morgan fingerprint density at radius 2 is 2.16 bits per heavy atom. The van der Waals surface area contributed by atoms with Crippen LogP contribution in [0.15, 0.2) is 42.6 Å². The summed E-state index contributed by atoms with van der Waals surface area (Å²) in [6.45, 7) is 3.09. The molecule has 1 saturated heterocycles. The molecule has 0 aliphatic carbocycles. The van der Waals surface area contributed by atoms with E-state index in [0.29, 0.717) is 23.0 Å². The molecule has 1 spiro atoms. The van der Waals surface area contributed by atoms with Gasteiger partial charge in [-0.05, 0) is 43.1 Å². The summed E-state index contributed by atoms with van der Waals surface area (Å²) < 4.78 is 6.38. The van der Waals surface area contributed by atoms with Gasteiger partial charge in [0.2, 0.25) is 0 Å². The number of nitrogens with zero attached hydrogens (tertiary/aromatic N) is 2. The quantitative estimate of drug-likeness (QED) is 0.840. The van der Waals surface area contributed by atoms with Crippen molar-refractivity contribution in [2.24, 2.45) is 0 Å². The molecule has 130 valence electrons. The van der Waals surface area contributed by atoms with E-state index in [4.69, 9.17) is 16.3 Å². The van der Waals surface area contributed by atoms with Crippen molar-refractivity contribution in [3.8, 4) is 5.75 Å². The molecule has 2 aliphatic heterocycles. The van der Waals surface area contributed by atoms with Gasteiger partial charge < -0.3 is 10.1 Å². The van der Waals surface area contributed by atoms with Gasteiger partial charge >= 0.3 is 0 Å². The van der Waals surface area contributed by atoms with Crippen molar-refractivity contribution in [3.63, 3.8) is 0 Å². The minimum Gasteiger partial charge on any atom is -0.483 e. The molecule has 3 heterocycles. The molecule has 4 rings (SSSR count). The Labute approximate surface area is 152 Å². The molecule has 0 bridgehead atoms. The van der Waals surface area contributed by atoms with E-state index in [1.807, 2.05) is 42.6 Å². The number of benzene rings is 1. The van der Waals surface area contributed by atoms with Gasteiger partial charge in [-0.1, -0.05) is 29.8 Å². The van der Waals surface area contributed by atoms with Crippen LogP contribution in [0.3, 0.4) is 0 Å². The average molecular weight is 358 g/mol. The zero-order valence-electron chi connectivity index (χ0n) is 13.9. The molecule has 1 aromatic carbocycles. The molecule has 1 aromatic heterocycles. The summed E-state index contributed by atoms with van der Waals surface area (Å²) in [7, 11) is 0. The highest BCUT2D eigenvalue weighted by Crippen LogP contribution is 2.32. The zero-order chi connectivity index (χ0) is 17.3. The van der Waals surface area contributed by atoms with Crippen molar-refractivity contribution in [1.29, 1.82) is 0 Å². The molecule has 6 heteroatoms.